The zero-order valence-corrected chi connectivity index (χ0v) is 5.02. The Morgan fingerprint density at radius 3 is 2.38 bits per heavy atom. The molecule has 0 aromatic rings. The Morgan fingerprint density at radius 1 is 1.62 bits per heavy atom. The summed E-state index contributed by atoms with van der Waals surface area (Å²) in [4.78, 5) is 0. The van der Waals surface area contributed by atoms with Gasteiger partial charge in [-0.2, -0.15) is 8.42 Å². The number of hydrogen-bond acceptors (Lipinski definition) is 4. The third-order valence-corrected chi connectivity index (χ3v) is 2.20. The number of rotatable bonds is 0. The zero-order chi connectivity index (χ0) is 6.20. The molecule has 0 spiro atoms. The summed E-state index contributed by atoms with van der Waals surface area (Å²) >= 11 is 0. The van der Waals surface area contributed by atoms with Crippen LogP contribution in [0.3, 0.4) is 0 Å². The third-order valence-electron chi connectivity index (χ3n) is 0.923. The van der Waals surface area contributed by atoms with Crippen LogP contribution in [-0.4, -0.2) is 20.4 Å². The van der Waals surface area contributed by atoms with Crippen molar-refractivity contribution in [3.05, 3.63) is 0 Å². The highest BCUT2D eigenvalue weighted by atomic mass is 32.2. The second-order valence-corrected chi connectivity index (χ2v) is 3.40. The third kappa shape index (κ3) is 1.18. The first-order chi connectivity index (χ1) is 3.60. The highest BCUT2D eigenvalue weighted by molar-refractivity contribution is 7.86. The first-order valence-corrected chi connectivity index (χ1v) is 3.84. The number of nitrogens with two attached hydrogens (primary N) is 1. The molecule has 8 heavy (non-hydrogen) atoms. The molecule has 4 nitrogen and oxygen atoms in total. The van der Waals surface area contributed by atoms with Crippen LogP contribution in [0, 0.1) is 0 Å². The Balaban J connectivity index is 2.71. The fourth-order valence-electron chi connectivity index (χ4n) is 0.545. The minimum atomic E-state index is -3.22. The molecule has 1 aliphatic rings. The van der Waals surface area contributed by atoms with Crippen molar-refractivity contribution in [3.63, 3.8) is 0 Å². The van der Waals surface area contributed by atoms with Crippen LogP contribution in [0.4, 0.5) is 0 Å². The summed E-state index contributed by atoms with van der Waals surface area (Å²) in [7, 11) is -3.22. The van der Waals surface area contributed by atoms with Crippen molar-refractivity contribution in [2.45, 2.75) is 12.6 Å². The van der Waals surface area contributed by atoms with E-state index in [9.17, 15) is 8.42 Å². The van der Waals surface area contributed by atoms with E-state index in [1.165, 1.54) is 0 Å². The molecule has 0 amide bonds. The van der Waals surface area contributed by atoms with Gasteiger partial charge in [-0.3, -0.25) is 4.18 Å². The van der Waals surface area contributed by atoms with Gasteiger partial charge in [-0.15, -0.1) is 0 Å². The summed E-state index contributed by atoms with van der Waals surface area (Å²) in [6.07, 6.45) is -0.178. The summed E-state index contributed by atoms with van der Waals surface area (Å²) in [5, 5.41) is 0. The second kappa shape index (κ2) is 1.68. The van der Waals surface area contributed by atoms with E-state index in [0.29, 0.717) is 6.42 Å². The molecule has 1 rings (SSSR count). The monoisotopic (exact) mass is 137 g/mol. The summed E-state index contributed by atoms with van der Waals surface area (Å²) < 4.78 is 25.0. The maximum absolute atomic E-state index is 10.3. The Morgan fingerprint density at radius 2 is 2.25 bits per heavy atom. The van der Waals surface area contributed by atoms with Crippen molar-refractivity contribution in [1.29, 1.82) is 0 Å². The molecule has 48 valence electrons. The Hall–Kier alpha value is -0.130. The van der Waals surface area contributed by atoms with Gasteiger partial charge in [-0.1, -0.05) is 0 Å². The molecule has 0 saturated carbocycles. The summed E-state index contributed by atoms with van der Waals surface area (Å²) in [6.45, 7) is 0. The van der Waals surface area contributed by atoms with Crippen molar-refractivity contribution in [1.82, 2.24) is 0 Å². The first kappa shape index (κ1) is 6.00. The molecule has 1 unspecified atom stereocenters. The van der Waals surface area contributed by atoms with Gasteiger partial charge in [-0.25, -0.2) is 0 Å². The molecule has 1 atom stereocenters. The minimum Gasteiger partial charge on any atom is -0.305 e. The molecular formula is C3H7NO3S. The Kier molecular flexibility index (Phi) is 1.26. The van der Waals surface area contributed by atoms with E-state index >= 15 is 0 Å². The van der Waals surface area contributed by atoms with Gasteiger partial charge >= 0.3 is 0 Å². The normalized spacial score (nSPS) is 35.4. The van der Waals surface area contributed by atoms with Gasteiger partial charge in [0.05, 0.1) is 5.75 Å². The second-order valence-electron chi connectivity index (χ2n) is 1.69. The van der Waals surface area contributed by atoms with E-state index in [0.717, 1.165) is 0 Å². The summed E-state index contributed by atoms with van der Waals surface area (Å²) in [6, 6.07) is 0. The summed E-state index contributed by atoms with van der Waals surface area (Å²) in [5.41, 5.74) is 5.11. The standard InChI is InChI=1S/C3H7NO3S/c4-3-1-2-8(5,6)7-3/h3H,1-2,4H2. The van der Waals surface area contributed by atoms with E-state index in [-0.39, 0.29) is 5.75 Å². The van der Waals surface area contributed by atoms with E-state index in [2.05, 4.69) is 4.18 Å². The zero-order valence-electron chi connectivity index (χ0n) is 4.20. The maximum atomic E-state index is 10.3. The van der Waals surface area contributed by atoms with Crippen LogP contribution in [0.2, 0.25) is 0 Å². The van der Waals surface area contributed by atoms with Gasteiger partial charge in [0, 0.05) is 6.42 Å². The molecule has 0 aliphatic carbocycles. The van der Waals surface area contributed by atoms with Gasteiger partial charge in [0.15, 0.2) is 0 Å². The van der Waals surface area contributed by atoms with Gasteiger partial charge < -0.3 is 5.73 Å². The molecule has 1 aliphatic heterocycles. The molecule has 0 aromatic carbocycles. The van der Waals surface area contributed by atoms with Crippen LogP contribution in [0.1, 0.15) is 6.42 Å². The maximum Gasteiger partial charge on any atom is 0.268 e. The lowest BCUT2D eigenvalue weighted by molar-refractivity contribution is 0.245. The predicted molar refractivity (Wildman–Crippen MR) is 27.5 cm³/mol. The Labute approximate surface area is 47.8 Å². The largest absolute Gasteiger partial charge is 0.305 e. The van der Waals surface area contributed by atoms with Crippen molar-refractivity contribution in [2.24, 2.45) is 5.73 Å². The van der Waals surface area contributed by atoms with Crippen LogP contribution in [0.15, 0.2) is 0 Å². The topological polar surface area (TPSA) is 69.4 Å². The Bertz CT molecular complexity index is 173. The highest BCUT2D eigenvalue weighted by Gasteiger charge is 2.24. The molecule has 1 heterocycles. The molecule has 0 bridgehead atoms. The van der Waals surface area contributed by atoms with Gasteiger partial charge in [0.2, 0.25) is 0 Å². The van der Waals surface area contributed by atoms with Crippen LogP contribution in [0.5, 0.6) is 0 Å². The number of hydrogen-bond donors (Lipinski definition) is 1. The molecular weight excluding hydrogens is 130 g/mol. The van der Waals surface area contributed by atoms with E-state index < -0.39 is 16.3 Å². The summed E-state index contributed by atoms with van der Waals surface area (Å²) in [5.74, 6) is 0.0637. The average molecular weight is 137 g/mol. The van der Waals surface area contributed by atoms with E-state index in [1.54, 1.807) is 0 Å². The fraction of sp³-hybridized carbons (Fsp3) is 1.00. The van der Waals surface area contributed by atoms with Gasteiger partial charge in [0.25, 0.3) is 10.1 Å². The molecule has 1 saturated heterocycles. The van der Waals surface area contributed by atoms with Crippen molar-refractivity contribution in [2.75, 3.05) is 5.75 Å². The minimum absolute atomic E-state index is 0.0637. The lowest BCUT2D eigenvalue weighted by Crippen LogP contribution is -2.17. The van der Waals surface area contributed by atoms with E-state index in [1.807, 2.05) is 0 Å². The lowest BCUT2D eigenvalue weighted by Gasteiger charge is -1.94. The fourth-order valence-corrected chi connectivity index (χ4v) is 1.64. The molecule has 0 aromatic heterocycles. The molecule has 1 fully saturated rings. The van der Waals surface area contributed by atoms with Crippen LogP contribution < -0.4 is 5.73 Å². The first-order valence-electron chi connectivity index (χ1n) is 2.27. The van der Waals surface area contributed by atoms with Crippen molar-refractivity contribution in [3.8, 4) is 0 Å². The average Bonchev–Trinajstić information content (AvgIpc) is 1.82. The highest BCUT2D eigenvalue weighted by Crippen LogP contribution is 2.10. The SMILES string of the molecule is NC1CCS(=O)(=O)O1. The lowest BCUT2D eigenvalue weighted by atomic mass is 10.5. The van der Waals surface area contributed by atoms with E-state index in [4.69, 9.17) is 5.73 Å². The van der Waals surface area contributed by atoms with Crippen LogP contribution >= 0.6 is 0 Å². The molecule has 0 radical (unpaired) electrons. The smallest absolute Gasteiger partial charge is 0.268 e. The van der Waals surface area contributed by atoms with Crippen LogP contribution in [-0.2, 0) is 14.3 Å². The molecule has 5 heteroatoms. The quantitative estimate of drug-likeness (QED) is 0.436. The predicted octanol–water partition coefficient (Wildman–Crippen LogP) is -0.979. The molecule has 2 N–H and O–H groups in total. The van der Waals surface area contributed by atoms with Gasteiger partial charge in [0.1, 0.15) is 6.23 Å². The van der Waals surface area contributed by atoms with Crippen molar-refractivity contribution < 1.29 is 12.6 Å². The van der Waals surface area contributed by atoms with Gasteiger partial charge in [-0.05, 0) is 0 Å². The van der Waals surface area contributed by atoms with Crippen LogP contribution in [0.25, 0.3) is 0 Å². The van der Waals surface area contributed by atoms with Crippen molar-refractivity contribution >= 4 is 10.1 Å².